The van der Waals surface area contributed by atoms with Crippen molar-refractivity contribution in [1.82, 2.24) is 0 Å². The van der Waals surface area contributed by atoms with Crippen LogP contribution in [0.5, 0.6) is 5.75 Å². The Hall–Kier alpha value is -2.10. The molecule has 0 aromatic heterocycles. The minimum absolute atomic E-state index is 0.103. The zero-order chi connectivity index (χ0) is 14.5. The summed E-state index contributed by atoms with van der Waals surface area (Å²) in [6, 6.07) is 11.0. The first kappa shape index (κ1) is 14.3. The van der Waals surface area contributed by atoms with Gasteiger partial charge in [0, 0.05) is 6.04 Å². The third kappa shape index (κ3) is 3.26. The first-order chi connectivity index (χ1) is 9.61. The van der Waals surface area contributed by atoms with Gasteiger partial charge in [0.25, 0.3) is 0 Å². The van der Waals surface area contributed by atoms with Gasteiger partial charge in [-0.2, -0.15) is 0 Å². The number of anilines is 1. The first-order valence-corrected chi connectivity index (χ1v) is 6.55. The van der Waals surface area contributed by atoms with E-state index in [0.717, 1.165) is 11.3 Å². The van der Waals surface area contributed by atoms with Crippen molar-refractivity contribution in [3.63, 3.8) is 0 Å². The Morgan fingerprint density at radius 1 is 1.05 bits per heavy atom. The van der Waals surface area contributed by atoms with Crippen LogP contribution in [0.3, 0.4) is 0 Å². The number of ether oxygens (including phenoxy) is 1. The van der Waals surface area contributed by atoms with Crippen molar-refractivity contribution >= 4 is 5.69 Å². The Labute approximate surface area is 117 Å². The number of hydrogen-bond donors (Lipinski definition) is 1. The van der Waals surface area contributed by atoms with Crippen LogP contribution in [0.4, 0.5) is 14.5 Å². The molecule has 0 aliphatic rings. The van der Waals surface area contributed by atoms with E-state index in [1.807, 2.05) is 38.1 Å². The summed E-state index contributed by atoms with van der Waals surface area (Å²) in [5, 5.41) is 2.86. The molecule has 106 valence electrons. The molecule has 0 heterocycles. The molecule has 2 aromatic rings. The van der Waals surface area contributed by atoms with Crippen LogP contribution in [0.15, 0.2) is 42.5 Å². The van der Waals surface area contributed by atoms with Crippen molar-refractivity contribution < 1.29 is 13.5 Å². The van der Waals surface area contributed by atoms with Gasteiger partial charge in [-0.15, -0.1) is 0 Å². The maximum atomic E-state index is 13.6. The first-order valence-electron chi connectivity index (χ1n) is 6.55. The van der Waals surface area contributed by atoms with Crippen LogP contribution in [0.1, 0.15) is 25.5 Å². The van der Waals surface area contributed by atoms with Crippen molar-refractivity contribution in [2.75, 3.05) is 11.9 Å². The number of rotatable bonds is 5. The molecule has 0 fully saturated rings. The van der Waals surface area contributed by atoms with E-state index >= 15 is 0 Å². The molecule has 0 bridgehead atoms. The van der Waals surface area contributed by atoms with E-state index in [4.69, 9.17) is 4.74 Å². The Morgan fingerprint density at radius 2 is 1.65 bits per heavy atom. The SMILES string of the molecule is CCOc1ccc(C(C)Nc2c(F)cccc2F)cc1. The van der Waals surface area contributed by atoms with Crippen molar-refractivity contribution in [2.24, 2.45) is 0 Å². The zero-order valence-corrected chi connectivity index (χ0v) is 11.5. The second-order valence-corrected chi connectivity index (χ2v) is 4.46. The maximum absolute atomic E-state index is 13.6. The van der Waals surface area contributed by atoms with E-state index in [0.29, 0.717) is 6.61 Å². The fourth-order valence-electron chi connectivity index (χ4n) is 1.95. The molecule has 0 saturated carbocycles. The lowest BCUT2D eigenvalue weighted by atomic mass is 10.1. The van der Waals surface area contributed by atoms with E-state index in [9.17, 15) is 8.78 Å². The van der Waals surface area contributed by atoms with E-state index in [-0.39, 0.29) is 11.7 Å². The molecule has 1 atom stereocenters. The average molecular weight is 277 g/mol. The summed E-state index contributed by atoms with van der Waals surface area (Å²) in [6.07, 6.45) is 0. The molecular weight excluding hydrogens is 260 g/mol. The summed E-state index contributed by atoms with van der Waals surface area (Å²) in [4.78, 5) is 0. The van der Waals surface area contributed by atoms with Crippen LogP contribution < -0.4 is 10.1 Å². The molecule has 4 heteroatoms. The van der Waals surface area contributed by atoms with Crippen LogP contribution >= 0.6 is 0 Å². The molecule has 0 saturated heterocycles. The van der Waals surface area contributed by atoms with Gasteiger partial charge in [0.05, 0.1) is 6.61 Å². The summed E-state index contributed by atoms with van der Waals surface area (Å²) < 4.78 is 32.5. The second kappa shape index (κ2) is 6.37. The van der Waals surface area contributed by atoms with E-state index in [2.05, 4.69) is 5.32 Å². The Balaban J connectivity index is 2.13. The topological polar surface area (TPSA) is 21.3 Å². The lowest BCUT2D eigenvalue weighted by Crippen LogP contribution is -2.09. The standard InChI is InChI=1S/C16H17F2NO/c1-3-20-13-9-7-12(8-10-13)11(2)19-16-14(17)5-4-6-15(16)18/h4-11,19H,3H2,1-2H3. The minimum Gasteiger partial charge on any atom is -0.494 e. The van der Waals surface area contributed by atoms with Gasteiger partial charge >= 0.3 is 0 Å². The molecule has 0 amide bonds. The summed E-state index contributed by atoms with van der Waals surface area (Å²) in [7, 11) is 0. The lowest BCUT2D eigenvalue weighted by molar-refractivity contribution is 0.340. The van der Waals surface area contributed by atoms with Crippen molar-refractivity contribution in [3.8, 4) is 5.75 Å². The van der Waals surface area contributed by atoms with Crippen LogP contribution in [-0.4, -0.2) is 6.61 Å². The fourth-order valence-corrected chi connectivity index (χ4v) is 1.95. The smallest absolute Gasteiger partial charge is 0.149 e. The highest BCUT2D eigenvalue weighted by Gasteiger charge is 2.12. The molecule has 1 unspecified atom stereocenters. The summed E-state index contributed by atoms with van der Waals surface area (Å²) in [6.45, 7) is 4.37. The zero-order valence-electron chi connectivity index (χ0n) is 11.5. The molecule has 0 radical (unpaired) electrons. The summed E-state index contributed by atoms with van der Waals surface area (Å²) >= 11 is 0. The quantitative estimate of drug-likeness (QED) is 0.866. The van der Waals surface area contributed by atoms with E-state index in [1.165, 1.54) is 18.2 Å². The molecule has 2 nitrogen and oxygen atoms in total. The van der Waals surface area contributed by atoms with Gasteiger partial charge in [0.15, 0.2) is 0 Å². The Kier molecular flexibility index (Phi) is 4.56. The van der Waals surface area contributed by atoms with E-state index < -0.39 is 11.6 Å². The molecule has 0 aliphatic heterocycles. The molecule has 1 N–H and O–H groups in total. The lowest BCUT2D eigenvalue weighted by Gasteiger charge is -2.17. The van der Waals surface area contributed by atoms with Gasteiger partial charge in [0.2, 0.25) is 0 Å². The molecule has 2 rings (SSSR count). The second-order valence-electron chi connectivity index (χ2n) is 4.46. The predicted octanol–water partition coefficient (Wildman–Crippen LogP) is 4.54. The van der Waals surface area contributed by atoms with E-state index in [1.54, 1.807) is 0 Å². The predicted molar refractivity (Wildman–Crippen MR) is 76.0 cm³/mol. The highest BCUT2D eigenvalue weighted by Crippen LogP contribution is 2.25. The van der Waals surface area contributed by atoms with Crippen molar-refractivity contribution in [3.05, 3.63) is 59.7 Å². The molecular formula is C16H17F2NO. The Morgan fingerprint density at radius 3 is 2.20 bits per heavy atom. The summed E-state index contributed by atoms with van der Waals surface area (Å²) in [5.74, 6) is -0.411. The van der Waals surface area contributed by atoms with Gasteiger partial charge in [-0.1, -0.05) is 18.2 Å². The average Bonchev–Trinajstić information content (AvgIpc) is 2.44. The van der Waals surface area contributed by atoms with Gasteiger partial charge in [-0.3, -0.25) is 0 Å². The molecule has 0 spiro atoms. The summed E-state index contributed by atoms with van der Waals surface area (Å²) in [5.41, 5.74) is 0.824. The number of nitrogens with one attached hydrogen (secondary N) is 1. The Bertz CT molecular complexity index is 549. The van der Waals surface area contributed by atoms with Gasteiger partial charge < -0.3 is 10.1 Å². The largest absolute Gasteiger partial charge is 0.494 e. The minimum atomic E-state index is -0.595. The van der Waals surface area contributed by atoms with Crippen LogP contribution in [0.25, 0.3) is 0 Å². The fraction of sp³-hybridized carbons (Fsp3) is 0.250. The third-order valence-corrected chi connectivity index (χ3v) is 3.01. The number of para-hydroxylation sites is 1. The van der Waals surface area contributed by atoms with Crippen molar-refractivity contribution in [2.45, 2.75) is 19.9 Å². The highest BCUT2D eigenvalue weighted by atomic mass is 19.1. The maximum Gasteiger partial charge on any atom is 0.149 e. The monoisotopic (exact) mass is 277 g/mol. The normalized spacial score (nSPS) is 12.0. The number of benzene rings is 2. The molecule has 20 heavy (non-hydrogen) atoms. The van der Waals surface area contributed by atoms with Crippen molar-refractivity contribution in [1.29, 1.82) is 0 Å². The van der Waals surface area contributed by atoms with Gasteiger partial charge in [-0.25, -0.2) is 8.78 Å². The van der Waals surface area contributed by atoms with Gasteiger partial charge in [-0.05, 0) is 43.7 Å². The van der Waals surface area contributed by atoms with Gasteiger partial charge in [0.1, 0.15) is 23.1 Å². The third-order valence-electron chi connectivity index (χ3n) is 3.01. The number of halogens is 2. The highest BCUT2D eigenvalue weighted by molar-refractivity contribution is 5.48. The van der Waals surface area contributed by atoms with Crippen LogP contribution in [-0.2, 0) is 0 Å². The number of hydrogen-bond acceptors (Lipinski definition) is 2. The molecule has 2 aromatic carbocycles. The molecule has 0 aliphatic carbocycles. The van der Waals surface area contributed by atoms with Crippen LogP contribution in [0, 0.1) is 11.6 Å². The van der Waals surface area contributed by atoms with Crippen LogP contribution in [0.2, 0.25) is 0 Å².